The number of benzene rings is 1. The summed E-state index contributed by atoms with van der Waals surface area (Å²) in [6.45, 7) is 3.25. The minimum atomic E-state index is 0. The van der Waals surface area contributed by atoms with Gasteiger partial charge in [-0.1, -0.05) is 25.5 Å². The molecule has 0 spiro atoms. The molecule has 1 amide bonds. The molecule has 0 bridgehead atoms. The Morgan fingerprint density at radius 3 is 2.70 bits per heavy atom. The van der Waals surface area contributed by atoms with Crippen molar-refractivity contribution in [2.45, 2.75) is 51.5 Å². The van der Waals surface area contributed by atoms with Crippen LogP contribution >= 0.6 is 12.4 Å². The summed E-state index contributed by atoms with van der Waals surface area (Å²) in [6, 6.07) is 8.59. The second kappa shape index (κ2) is 8.98. The highest BCUT2D eigenvalue weighted by Crippen LogP contribution is 2.14. The van der Waals surface area contributed by atoms with Crippen molar-refractivity contribution in [3.63, 3.8) is 0 Å². The van der Waals surface area contributed by atoms with Gasteiger partial charge in [-0.3, -0.25) is 4.79 Å². The molecular weight excluding hydrogens is 272 g/mol. The lowest BCUT2D eigenvalue weighted by atomic mass is 10.1. The summed E-state index contributed by atoms with van der Waals surface area (Å²) in [7, 11) is 0. The topological polar surface area (TPSA) is 41.1 Å². The molecule has 0 aromatic heterocycles. The van der Waals surface area contributed by atoms with Crippen molar-refractivity contribution >= 4 is 24.0 Å². The zero-order chi connectivity index (χ0) is 13.5. The summed E-state index contributed by atoms with van der Waals surface area (Å²) in [6.07, 6.45) is 6.44. The number of carbonyl (C=O) groups is 1. The van der Waals surface area contributed by atoms with E-state index in [4.69, 9.17) is 0 Å². The van der Waals surface area contributed by atoms with Crippen molar-refractivity contribution in [1.29, 1.82) is 0 Å². The maximum Gasteiger partial charge on any atom is 0.225 e. The largest absolute Gasteiger partial charge is 0.326 e. The molecule has 1 aromatic rings. The molecule has 3 nitrogen and oxygen atoms in total. The van der Waals surface area contributed by atoms with E-state index in [0.717, 1.165) is 25.1 Å². The zero-order valence-electron chi connectivity index (χ0n) is 12.2. The number of rotatable bonds is 6. The average molecular weight is 297 g/mol. The maximum absolute atomic E-state index is 11.9. The van der Waals surface area contributed by atoms with Crippen LogP contribution in [0.2, 0.25) is 0 Å². The second-order valence-corrected chi connectivity index (χ2v) is 5.35. The molecular formula is C16H25ClN2O. The number of hydrogen-bond donors (Lipinski definition) is 2. The summed E-state index contributed by atoms with van der Waals surface area (Å²) in [5.74, 6) is 0.112. The number of anilines is 1. The molecule has 0 radical (unpaired) electrons. The van der Waals surface area contributed by atoms with Crippen LogP contribution in [0.15, 0.2) is 24.3 Å². The molecule has 1 aliphatic heterocycles. The zero-order valence-corrected chi connectivity index (χ0v) is 13.0. The monoisotopic (exact) mass is 296 g/mol. The van der Waals surface area contributed by atoms with Crippen molar-refractivity contribution < 1.29 is 4.79 Å². The van der Waals surface area contributed by atoms with Gasteiger partial charge in [0.25, 0.3) is 0 Å². The molecule has 20 heavy (non-hydrogen) atoms. The third kappa shape index (κ3) is 5.51. The van der Waals surface area contributed by atoms with Crippen LogP contribution in [-0.2, 0) is 11.2 Å². The van der Waals surface area contributed by atoms with Gasteiger partial charge in [0.15, 0.2) is 0 Å². The fourth-order valence-corrected chi connectivity index (χ4v) is 2.50. The van der Waals surface area contributed by atoms with Gasteiger partial charge in [-0.15, -0.1) is 12.4 Å². The fourth-order valence-electron chi connectivity index (χ4n) is 2.50. The van der Waals surface area contributed by atoms with Gasteiger partial charge in [-0.05, 0) is 49.9 Å². The molecule has 1 aromatic carbocycles. The number of unbranched alkanes of at least 4 members (excludes halogenated alkanes) is 1. The van der Waals surface area contributed by atoms with Gasteiger partial charge in [-0.25, -0.2) is 0 Å². The van der Waals surface area contributed by atoms with Crippen molar-refractivity contribution in [2.24, 2.45) is 0 Å². The molecule has 2 N–H and O–H groups in total. The van der Waals surface area contributed by atoms with E-state index >= 15 is 0 Å². The molecule has 0 aliphatic carbocycles. The van der Waals surface area contributed by atoms with Crippen molar-refractivity contribution in [3.8, 4) is 0 Å². The van der Waals surface area contributed by atoms with E-state index in [2.05, 4.69) is 29.7 Å². The van der Waals surface area contributed by atoms with Crippen LogP contribution in [0.4, 0.5) is 5.69 Å². The van der Waals surface area contributed by atoms with Crippen LogP contribution in [0.3, 0.4) is 0 Å². The van der Waals surface area contributed by atoms with Gasteiger partial charge >= 0.3 is 0 Å². The van der Waals surface area contributed by atoms with Crippen molar-refractivity contribution in [2.75, 3.05) is 11.9 Å². The van der Waals surface area contributed by atoms with E-state index < -0.39 is 0 Å². The Balaban J connectivity index is 0.00000200. The minimum absolute atomic E-state index is 0. The molecule has 4 heteroatoms. The van der Waals surface area contributed by atoms with Gasteiger partial charge in [-0.2, -0.15) is 0 Å². The van der Waals surface area contributed by atoms with Crippen molar-refractivity contribution in [3.05, 3.63) is 29.8 Å². The highest BCUT2D eigenvalue weighted by molar-refractivity contribution is 5.91. The molecule has 0 saturated carbocycles. The van der Waals surface area contributed by atoms with E-state index in [1.165, 1.54) is 24.8 Å². The lowest BCUT2D eigenvalue weighted by Crippen LogP contribution is -2.27. The van der Waals surface area contributed by atoms with Gasteiger partial charge in [0.2, 0.25) is 5.91 Å². The predicted molar refractivity (Wildman–Crippen MR) is 86.6 cm³/mol. The summed E-state index contributed by atoms with van der Waals surface area (Å²) in [4.78, 5) is 11.9. The van der Waals surface area contributed by atoms with Crippen LogP contribution in [0.5, 0.6) is 0 Å². The summed E-state index contributed by atoms with van der Waals surface area (Å²) in [5, 5.41) is 6.32. The number of amides is 1. The minimum Gasteiger partial charge on any atom is -0.326 e. The molecule has 1 heterocycles. The first-order chi connectivity index (χ1) is 9.28. The van der Waals surface area contributed by atoms with Crippen LogP contribution in [0, 0.1) is 0 Å². The Bertz CT molecular complexity index is 399. The Labute approximate surface area is 127 Å². The number of halogens is 1. The lowest BCUT2D eigenvalue weighted by Gasteiger charge is -2.10. The quantitative estimate of drug-likeness (QED) is 0.843. The molecule has 1 aliphatic rings. The molecule has 1 atom stereocenters. The first-order valence-electron chi connectivity index (χ1n) is 7.40. The number of hydrogen-bond acceptors (Lipinski definition) is 2. The third-order valence-electron chi connectivity index (χ3n) is 3.65. The molecule has 1 saturated heterocycles. The van der Waals surface area contributed by atoms with Gasteiger partial charge in [0.1, 0.15) is 0 Å². The van der Waals surface area contributed by atoms with Gasteiger partial charge in [0.05, 0.1) is 0 Å². The Morgan fingerprint density at radius 1 is 1.35 bits per heavy atom. The van der Waals surface area contributed by atoms with E-state index in [0.29, 0.717) is 12.5 Å². The SMILES string of the molecule is CCCCc1ccc(NC(=O)CC2CCCN2)cc1.Cl. The van der Waals surface area contributed by atoms with Crippen LogP contribution in [0.1, 0.15) is 44.6 Å². The first kappa shape index (κ1) is 17.0. The molecule has 112 valence electrons. The lowest BCUT2D eigenvalue weighted by molar-refractivity contribution is -0.116. The number of nitrogens with one attached hydrogen (secondary N) is 2. The normalized spacial score (nSPS) is 17.6. The predicted octanol–water partition coefficient (Wildman–Crippen LogP) is 3.53. The Hall–Kier alpha value is -1.06. The van der Waals surface area contributed by atoms with E-state index in [1.807, 2.05) is 12.1 Å². The second-order valence-electron chi connectivity index (χ2n) is 5.35. The summed E-state index contributed by atoms with van der Waals surface area (Å²) < 4.78 is 0. The Morgan fingerprint density at radius 2 is 2.10 bits per heavy atom. The maximum atomic E-state index is 11.9. The summed E-state index contributed by atoms with van der Waals surface area (Å²) >= 11 is 0. The number of carbonyl (C=O) groups excluding carboxylic acids is 1. The number of aryl methyl sites for hydroxylation is 1. The van der Waals surface area contributed by atoms with Crippen LogP contribution in [0.25, 0.3) is 0 Å². The van der Waals surface area contributed by atoms with Crippen LogP contribution < -0.4 is 10.6 Å². The van der Waals surface area contributed by atoms with Crippen molar-refractivity contribution in [1.82, 2.24) is 5.32 Å². The van der Waals surface area contributed by atoms with Gasteiger partial charge in [0, 0.05) is 18.2 Å². The van der Waals surface area contributed by atoms with Gasteiger partial charge < -0.3 is 10.6 Å². The van der Waals surface area contributed by atoms with E-state index in [9.17, 15) is 4.79 Å². The highest BCUT2D eigenvalue weighted by Gasteiger charge is 2.17. The molecule has 2 rings (SSSR count). The van der Waals surface area contributed by atoms with Crippen LogP contribution in [-0.4, -0.2) is 18.5 Å². The third-order valence-corrected chi connectivity index (χ3v) is 3.65. The smallest absolute Gasteiger partial charge is 0.225 e. The average Bonchev–Trinajstić information content (AvgIpc) is 2.90. The summed E-state index contributed by atoms with van der Waals surface area (Å²) in [5.41, 5.74) is 2.25. The van der Waals surface area contributed by atoms with E-state index in [1.54, 1.807) is 0 Å². The fraction of sp³-hybridized carbons (Fsp3) is 0.562. The van der Waals surface area contributed by atoms with E-state index in [-0.39, 0.29) is 18.3 Å². The highest BCUT2D eigenvalue weighted by atomic mass is 35.5. The molecule has 1 fully saturated rings. The first-order valence-corrected chi connectivity index (χ1v) is 7.40. The standard InChI is InChI=1S/C16H24N2O.ClH/c1-2-3-5-13-7-9-14(10-8-13)18-16(19)12-15-6-4-11-17-15;/h7-10,15,17H,2-6,11-12H2,1H3,(H,18,19);1H. The molecule has 1 unspecified atom stereocenters. The Kier molecular flexibility index (Phi) is 7.63.